The van der Waals surface area contributed by atoms with E-state index in [1.165, 1.54) is 0 Å². The van der Waals surface area contributed by atoms with Crippen molar-refractivity contribution in [3.8, 4) is 0 Å². The van der Waals surface area contributed by atoms with E-state index in [4.69, 9.17) is 5.73 Å². The molecule has 1 aromatic carbocycles. The van der Waals surface area contributed by atoms with Crippen molar-refractivity contribution in [2.75, 3.05) is 19.6 Å². The van der Waals surface area contributed by atoms with Crippen LogP contribution >= 0.6 is 0 Å². The number of hydrogen-bond acceptors (Lipinski definition) is 4. The molecular formula is C17H26N3O2-. The van der Waals surface area contributed by atoms with Crippen molar-refractivity contribution < 1.29 is 4.79 Å². The minimum absolute atomic E-state index is 0.0272. The number of benzene rings is 1. The topological polar surface area (TPSA) is 72.6 Å². The molecule has 5 heteroatoms. The Hall–Kier alpha value is -1.43. The number of carbonyl (C=O) groups is 1. The molecule has 1 aliphatic heterocycles. The Morgan fingerprint density at radius 2 is 2.00 bits per heavy atom. The van der Waals surface area contributed by atoms with Gasteiger partial charge in [0.1, 0.15) is 0 Å². The summed E-state index contributed by atoms with van der Waals surface area (Å²) in [5.41, 5.74) is 7.19. The van der Waals surface area contributed by atoms with Crippen LogP contribution in [0.5, 0.6) is 0 Å². The number of nitrogens with two attached hydrogens (primary N) is 1. The Balaban J connectivity index is 2.02. The van der Waals surface area contributed by atoms with Gasteiger partial charge in [-0.3, -0.25) is 4.79 Å². The van der Waals surface area contributed by atoms with Crippen LogP contribution in [0, 0.1) is 11.1 Å². The van der Waals surface area contributed by atoms with Crippen molar-refractivity contribution in [3.63, 3.8) is 0 Å². The highest BCUT2D eigenvalue weighted by atomic mass is 16.5. The van der Waals surface area contributed by atoms with E-state index in [-0.39, 0.29) is 11.9 Å². The summed E-state index contributed by atoms with van der Waals surface area (Å²) < 4.78 is 0. The first kappa shape index (κ1) is 16.9. The minimum atomic E-state index is -0.546. The maximum atomic E-state index is 12.7. The predicted octanol–water partition coefficient (Wildman–Crippen LogP) is 1.61. The van der Waals surface area contributed by atoms with E-state index in [1.54, 1.807) is 0 Å². The summed E-state index contributed by atoms with van der Waals surface area (Å²) >= 11 is 0. The molecule has 2 rings (SSSR count). The molecule has 0 aromatic heterocycles. The molecule has 1 saturated heterocycles. The Kier molecular flexibility index (Phi) is 5.94. The van der Waals surface area contributed by atoms with Crippen LogP contribution in [0.2, 0.25) is 0 Å². The molecule has 22 heavy (non-hydrogen) atoms. The number of rotatable bonds is 5. The molecule has 0 bridgehead atoms. The molecule has 1 amide bonds. The number of nitrogens with zero attached hydrogens (tertiary/aromatic N) is 2. The maximum Gasteiger partial charge on any atom is 0.240 e. The number of hydrogen-bond donors (Lipinski definition) is 1. The Bertz CT molecular complexity index is 476. The summed E-state index contributed by atoms with van der Waals surface area (Å²) in [5.74, 6) is 0.403. The van der Waals surface area contributed by atoms with Crippen LogP contribution in [-0.2, 0) is 11.2 Å². The molecule has 1 fully saturated rings. The van der Waals surface area contributed by atoms with Crippen LogP contribution in [0.25, 0.3) is 0 Å². The standard InChI is InChI=1S/C17H26N3O2/c1-13(2)10-15-12-19(22)8-9-20(15)17(21)16(18)11-14-6-4-3-5-7-14/h3-7,13,15-16H,8-12,18H2,1-2H3/q-1/t15?,16-/m0/s1. The van der Waals surface area contributed by atoms with Gasteiger partial charge in [-0.15, -0.1) is 0 Å². The summed E-state index contributed by atoms with van der Waals surface area (Å²) in [4.78, 5) is 14.5. The SMILES string of the molecule is CC(C)CC1CN([O-])CCN1C(=O)[C@@H](N)Cc1ccccc1. The lowest BCUT2D eigenvalue weighted by molar-refractivity contribution is -0.137. The molecule has 0 aliphatic carbocycles. The van der Waals surface area contributed by atoms with Gasteiger partial charge >= 0.3 is 0 Å². The number of piperazine rings is 1. The average Bonchev–Trinajstić information content (AvgIpc) is 2.47. The summed E-state index contributed by atoms with van der Waals surface area (Å²) in [6, 6.07) is 9.23. The minimum Gasteiger partial charge on any atom is -0.785 e. The summed E-state index contributed by atoms with van der Waals surface area (Å²) in [7, 11) is 0. The third kappa shape index (κ3) is 4.53. The van der Waals surface area contributed by atoms with Crippen molar-refractivity contribution in [2.45, 2.75) is 38.8 Å². The highest BCUT2D eigenvalue weighted by molar-refractivity contribution is 5.82. The number of amides is 1. The number of carbonyl (C=O) groups excluding carboxylic acids is 1. The van der Waals surface area contributed by atoms with E-state index in [1.807, 2.05) is 35.2 Å². The van der Waals surface area contributed by atoms with Gasteiger partial charge in [-0.25, -0.2) is 0 Å². The second-order valence-corrected chi connectivity index (χ2v) is 6.50. The largest absolute Gasteiger partial charge is 0.785 e. The van der Waals surface area contributed by atoms with Gasteiger partial charge in [0.15, 0.2) is 0 Å². The second kappa shape index (κ2) is 7.72. The normalized spacial score (nSPS) is 21.1. The molecule has 122 valence electrons. The van der Waals surface area contributed by atoms with Gasteiger partial charge < -0.3 is 20.9 Å². The zero-order valence-electron chi connectivity index (χ0n) is 13.4. The molecule has 2 N–H and O–H groups in total. The van der Waals surface area contributed by atoms with Crippen LogP contribution in [0.4, 0.5) is 0 Å². The Morgan fingerprint density at radius 3 is 2.64 bits per heavy atom. The Labute approximate surface area is 132 Å². The van der Waals surface area contributed by atoms with Gasteiger partial charge in [-0.1, -0.05) is 44.2 Å². The molecule has 1 heterocycles. The summed E-state index contributed by atoms with van der Waals surface area (Å²) in [6.07, 6.45) is 1.37. The molecular weight excluding hydrogens is 278 g/mol. The predicted molar refractivity (Wildman–Crippen MR) is 88.0 cm³/mol. The van der Waals surface area contributed by atoms with E-state index in [9.17, 15) is 10.0 Å². The fourth-order valence-electron chi connectivity index (χ4n) is 3.03. The lowest BCUT2D eigenvalue weighted by Crippen LogP contribution is -2.58. The van der Waals surface area contributed by atoms with E-state index >= 15 is 0 Å². The van der Waals surface area contributed by atoms with Gasteiger partial charge in [0.25, 0.3) is 0 Å². The van der Waals surface area contributed by atoms with E-state index in [2.05, 4.69) is 13.8 Å². The zero-order valence-corrected chi connectivity index (χ0v) is 13.4. The highest BCUT2D eigenvalue weighted by Crippen LogP contribution is 2.18. The molecule has 2 atom stereocenters. The van der Waals surface area contributed by atoms with Gasteiger partial charge in [0.2, 0.25) is 5.91 Å². The van der Waals surface area contributed by atoms with Crippen molar-refractivity contribution >= 4 is 5.91 Å². The maximum absolute atomic E-state index is 12.7. The van der Waals surface area contributed by atoms with Gasteiger partial charge in [-0.05, 0) is 24.3 Å². The van der Waals surface area contributed by atoms with Crippen LogP contribution in [0.1, 0.15) is 25.8 Å². The van der Waals surface area contributed by atoms with E-state index < -0.39 is 6.04 Å². The first-order valence-electron chi connectivity index (χ1n) is 7.99. The second-order valence-electron chi connectivity index (χ2n) is 6.50. The van der Waals surface area contributed by atoms with Gasteiger partial charge in [0, 0.05) is 25.7 Å². The van der Waals surface area contributed by atoms with Gasteiger partial charge in [0.05, 0.1) is 6.04 Å². The summed E-state index contributed by atoms with van der Waals surface area (Å²) in [5, 5.41) is 12.7. The van der Waals surface area contributed by atoms with Crippen LogP contribution in [-0.4, -0.2) is 47.6 Å². The fraction of sp³-hybridized carbons (Fsp3) is 0.588. The molecule has 5 nitrogen and oxygen atoms in total. The molecule has 0 spiro atoms. The van der Waals surface area contributed by atoms with Gasteiger partial charge in [-0.2, -0.15) is 0 Å². The van der Waals surface area contributed by atoms with Crippen LogP contribution in [0.15, 0.2) is 30.3 Å². The fourth-order valence-corrected chi connectivity index (χ4v) is 3.03. The molecule has 0 radical (unpaired) electrons. The third-order valence-electron chi connectivity index (χ3n) is 4.09. The van der Waals surface area contributed by atoms with Crippen molar-refractivity contribution in [3.05, 3.63) is 41.1 Å². The highest BCUT2D eigenvalue weighted by Gasteiger charge is 2.30. The first-order chi connectivity index (χ1) is 10.5. The Morgan fingerprint density at radius 1 is 1.32 bits per heavy atom. The van der Waals surface area contributed by atoms with Crippen LogP contribution in [0.3, 0.4) is 0 Å². The average molecular weight is 304 g/mol. The van der Waals surface area contributed by atoms with Crippen LogP contribution < -0.4 is 5.73 Å². The quantitative estimate of drug-likeness (QED) is 0.897. The molecule has 1 aromatic rings. The smallest absolute Gasteiger partial charge is 0.240 e. The van der Waals surface area contributed by atoms with Crippen molar-refractivity contribution in [1.29, 1.82) is 0 Å². The first-order valence-corrected chi connectivity index (χ1v) is 7.99. The molecule has 1 unspecified atom stereocenters. The summed E-state index contributed by atoms with van der Waals surface area (Å²) in [6.45, 7) is 5.45. The van der Waals surface area contributed by atoms with E-state index in [0.29, 0.717) is 32.0 Å². The monoisotopic (exact) mass is 304 g/mol. The lowest BCUT2D eigenvalue weighted by Gasteiger charge is -2.46. The zero-order chi connectivity index (χ0) is 16.1. The van der Waals surface area contributed by atoms with Crippen molar-refractivity contribution in [2.24, 2.45) is 11.7 Å². The van der Waals surface area contributed by atoms with Crippen molar-refractivity contribution in [1.82, 2.24) is 9.96 Å². The number of hydroxylamine groups is 2. The molecule has 1 aliphatic rings. The molecule has 0 saturated carbocycles. The van der Waals surface area contributed by atoms with E-state index in [0.717, 1.165) is 17.0 Å². The lowest BCUT2D eigenvalue weighted by atomic mass is 9.98. The third-order valence-corrected chi connectivity index (χ3v) is 4.09.